The molecule has 8 nitrogen and oxygen atoms in total. The Labute approximate surface area is 243 Å². The number of thioether (sulfide) groups is 1. The largest absolute Gasteiger partial charge is 0.492 e. The molecule has 0 radical (unpaired) electrons. The van der Waals surface area contributed by atoms with Gasteiger partial charge in [-0.25, -0.2) is 9.97 Å². The number of nitriles is 1. The zero-order chi connectivity index (χ0) is 27.9. The van der Waals surface area contributed by atoms with Crippen molar-refractivity contribution in [3.63, 3.8) is 0 Å². The number of hydrogen-bond acceptors (Lipinski definition) is 10. The Hall–Kier alpha value is -3.49. The summed E-state index contributed by atoms with van der Waals surface area (Å²) in [5, 5.41) is 22.7. The molecule has 0 atom stereocenters. The number of aliphatic hydroxyl groups is 1. The second-order valence-electron chi connectivity index (χ2n) is 9.72. The van der Waals surface area contributed by atoms with Crippen molar-refractivity contribution in [1.29, 1.82) is 5.26 Å². The van der Waals surface area contributed by atoms with Gasteiger partial charge in [0.15, 0.2) is 0 Å². The van der Waals surface area contributed by atoms with Crippen molar-refractivity contribution in [3.8, 4) is 33.5 Å². The summed E-state index contributed by atoms with van der Waals surface area (Å²) >= 11 is 3.14. The minimum absolute atomic E-state index is 0.287. The van der Waals surface area contributed by atoms with Gasteiger partial charge in [0.25, 0.3) is 0 Å². The summed E-state index contributed by atoms with van der Waals surface area (Å²) in [6, 6.07) is 14.1. The molecule has 0 spiro atoms. The lowest BCUT2D eigenvalue weighted by Crippen LogP contribution is -2.37. The number of nitrogens with zero attached hydrogens (tertiary/aromatic N) is 5. The first-order chi connectivity index (χ1) is 19.6. The Morgan fingerprint density at radius 1 is 1.23 bits per heavy atom. The highest BCUT2D eigenvalue weighted by Crippen LogP contribution is 2.46. The molecule has 1 aliphatic rings. The summed E-state index contributed by atoms with van der Waals surface area (Å²) in [5.41, 5.74) is 4.94. The molecular formula is C30H32N6O2S2. The van der Waals surface area contributed by atoms with E-state index in [2.05, 4.69) is 26.3 Å². The predicted octanol–water partition coefficient (Wildman–Crippen LogP) is 6.00. The highest BCUT2D eigenvalue weighted by atomic mass is 32.2. The lowest BCUT2D eigenvalue weighted by Gasteiger charge is -2.30. The van der Waals surface area contributed by atoms with Crippen LogP contribution in [0, 0.1) is 24.2 Å². The highest BCUT2D eigenvalue weighted by Gasteiger charge is 2.23. The lowest BCUT2D eigenvalue weighted by atomic mass is 9.98. The molecule has 2 N–H and O–H groups in total. The van der Waals surface area contributed by atoms with Crippen LogP contribution < -0.4 is 10.1 Å². The number of thiophene rings is 1. The Bertz CT molecular complexity index is 1480. The molecule has 4 heterocycles. The van der Waals surface area contributed by atoms with Crippen LogP contribution in [0.15, 0.2) is 59.2 Å². The van der Waals surface area contributed by atoms with Crippen LogP contribution in [0.2, 0.25) is 0 Å². The number of nitrogens with one attached hydrogen (secondary N) is 1. The average molecular weight is 573 g/mol. The molecule has 0 saturated carbocycles. The molecule has 206 valence electrons. The lowest BCUT2D eigenvalue weighted by molar-refractivity contribution is 0.119. The number of aromatic nitrogens is 3. The number of rotatable bonds is 10. The maximum Gasteiger partial charge on any atom is 0.227 e. The van der Waals surface area contributed by atoms with E-state index in [0.29, 0.717) is 24.0 Å². The van der Waals surface area contributed by atoms with Crippen LogP contribution in [0.1, 0.15) is 24.0 Å². The van der Waals surface area contributed by atoms with E-state index >= 15 is 0 Å². The molecule has 40 heavy (non-hydrogen) atoms. The molecule has 3 aromatic heterocycles. The van der Waals surface area contributed by atoms with Gasteiger partial charge in [0, 0.05) is 54.6 Å². The van der Waals surface area contributed by atoms with Gasteiger partial charge in [-0.2, -0.15) is 5.26 Å². The normalized spacial score (nSPS) is 14.2. The van der Waals surface area contributed by atoms with E-state index in [0.717, 1.165) is 75.4 Å². The van der Waals surface area contributed by atoms with E-state index in [9.17, 15) is 10.4 Å². The maximum absolute atomic E-state index is 10.0. The zero-order valence-electron chi connectivity index (χ0n) is 22.6. The Morgan fingerprint density at radius 3 is 2.80 bits per heavy atom. The van der Waals surface area contributed by atoms with E-state index < -0.39 is 0 Å². The van der Waals surface area contributed by atoms with Crippen molar-refractivity contribution in [2.45, 2.75) is 24.0 Å². The minimum atomic E-state index is 0.287. The van der Waals surface area contributed by atoms with Crippen molar-refractivity contribution in [1.82, 2.24) is 19.9 Å². The molecule has 1 aromatic carbocycles. The van der Waals surface area contributed by atoms with Gasteiger partial charge >= 0.3 is 0 Å². The standard InChI is InChI=1S/C30H32N6O2S2/c1-20-17-33-30(34-23-6-3-7-24(15-23)38-14-13-36-11-8-21(19-37)9-12-36)35-27(20)28-26(22-5-4-10-32-18-22)25(16-31)29(39-2)40-28/h3-7,10,15,17-18,21,37H,8-9,11-14,19H2,1-2H3,(H,33,34,35). The summed E-state index contributed by atoms with van der Waals surface area (Å²) in [7, 11) is 0. The van der Waals surface area contributed by atoms with E-state index in [4.69, 9.17) is 9.72 Å². The molecule has 0 amide bonds. The average Bonchev–Trinajstić information content (AvgIpc) is 3.38. The van der Waals surface area contributed by atoms with Crippen molar-refractivity contribution < 1.29 is 9.84 Å². The second-order valence-corrected chi connectivity index (χ2v) is 11.8. The number of anilines is 2. The first-order valence-corrected chi connectivity index (χ1v) is 15.3. The number of piperidine rings is 1. The van der Waals surface area contributed by atoms with Gasteiger partial charge < -0.3 is 15.2 Å². The molecule has 1 aliphatic heterocycles. The third-order valence-corrected chi connectivity index (χ3v) is 9.36. The summed E-state index contributed by atoms with van der Waals surface area (Å²) in [4.78, 5) is 17.0. The Balaban J connectivity index is 1.33. The van der Waals surface area contributed by atoms with Gasteiger partial charge in [-0.05, 0) is 68.8 Å². The molecule has 0 bridgehead atoms. The number of aliphatic hydroxyl groups excluding tert-OH is 1. The molecule has 1 saturated heterocycles. The van der Waals surface area contributed by atoms with Crippen LogP contribution in [0.25, 0.3) is 21.7 Å². The number of pyridine rings is 1. The summed E-state index contributed by atoms with van der Waals surface area (Å²) < 4.78 is 7.00. The van der Waals surface area contributed by atoms with Crippen LogP contribution >= 0.6 is 23.1 Å². The second kappa shape index (κ2) is 13.2. The fraction of sp³-hybridized carbons (Fsp3) is 0.333. The number of hydrogen-bond donors (Lipinski definition) is 2. The Morgan fingerprint density at radius 2 is 2.08 bits per heavy atom. The number of ether oxygens (including phenoxy) is 1. The van der Waals surface area contributed by atoms with Crippen molar-refractivity contribution in [3.05, 3.63) is 66.1 Å². The van der Waals surface area contributed by atoms with Gasteiger partial charge in [-0.15, -0.1) is 23.1 Å². The van der Waals surface area contributed by atoms with Crippen molar-refractivity contribution >= 4 is 34.7 Å². The molecule has 1 fully saturated rings. The number of benzene rings is 1. The van der Waals surface area contributed by atoms with Crippen molar-refractivity contribution in [2.75, 3.05) is 44.4 Å². The fourth-order valence-corrected chi connectivity index (χ4v) is 6.81. The van der Waals surface area contributed by atoms with E-state index in [1.54, 1.807) is 35.5 Å². The zero-order valence-corrected chi connectivity index (χ0v) is 24.3. The number of aryl methyl sites for hydroxylation is 1. The molecule has 5 rings (SSSR count). The highest BCUT2D eigenvalue weighted by molar-refractivity contribution is 8.00. The quantitative estimate of drug-likeness (QED) is 0.221. The summed E-state index contributed by atoms with van der Waals surface area (Å²) in [6.45, 7) is 5.75. The van der Waals surface area contributed by atoms with Gasteiger partial charge in [0.05, 0.1) is 20.3 Å². The topological polar surface area (TPSA) is 107 Å². The third-order valence-electron chi connectivity index (χ3n) is 7.04. The van der Waals surface area contributed by atoms with Crippen LogP contribution in [0.5, 0.6) is 5.75 Å². The molecule has 0 aliphatic carbocycles. The monoisotopic (exact) mass is 572 g/mol. The molecule has 10 heteroatoms. The van der Waals surface area contributed by atoms with E-state index in [1.165, 1.54) is 0 Å². The summed E-state index contributed by atoms with van der Waals surface area (Å²) in [6.07, 6.45) is 9.39. The van der Waals surface area contributed by atoms with Crippen molar-refractivity contribution in [2.24, 2.45) is 5.92 Å². The molecule has 0 unspecified atom stereocenters. The fourth-order valence-electron chi connectivity index (χ4n) is 4.82. The van der Waals surface area contributed by atoms with Crippen LogP contribution in [0.4, 0.5) is 11.6 Å². The SMILES string of the molecule is CSc1sc(-c2nc(Nc3cccc(OCCN4CCC(CO)CC4)c3)ncc2C)c(-c2cccnc2)c1C#N. The summed E-state index contributed by atoms with van der Waals surface area (Å²) in [5.74, 6) is 1.69. The van der Waals surface area contributed by atoms with E-state index in [1.807, 2.05) is 55.8 Å². The van der Waals surface area contributed by atoms with Crippen LogP contribution in [0.3, 0.4) is 0 Å². The molecular weight excluding hydrogens is 541 g/mol. The molecule has 4 aromatic rings. The number of likely N-dealkylation sites (tertiary alicyclic amines) is 1. The minimum Gasteiger partial charge on any atom is -0.492 e. The van der Waals surface area contributed by atoms with Gasteiger partial charge in [0.2, 0.25) is 5.95 Å². The third kappa shape index (κ3) is 6.45. The Kier molecular flexibility index (Phi) is 9.29. The van der Waals surface area contributed by atoms with Gasteiger partial charge in [-0.1, -0.05) is 12.1 Å². The first kappa shape index (κ1) is 28.1. The first-order valence-electron chi connectivity index (χ1n) is 13.3. The predicted molar refractivity (Wildman–Crippen MR) is 161 cm³/mol. The maximum atomic E-state index is 10.0. The van der Waals surface area contributed by atoms with Gasteiger partial charge in [-0.3, -0.25) is 9.88 Å². The van der Waals surface area contributed by atoms with Gasteiger partial charge in [0.1, 0.15) is 18.4 Å². The van der Waals surface area contributed by atoms with E-state index in [-0.39, 0.29) is 6.61 Å². The smallest absolute Gasteiger partial charge is 0.227 e. The van der Waals surface area contributed by atoms with Crippen LogP contribution in [-0.4, -0.2) is 64.1 Å². The van der Waals surface area contributed by atoms with Crippen LogP contribution in [-0.2, 0) is 0 Å².